The second-order valence-electron chi connectivity index (χ2n) is 3.67. The van der Waals surface area contributed by atoms with E-state index in [1.807, 2.05) is 0 Å². The van der Waals surface area contributed by atoms with Gasteiger partial charge in [0.05, 0.1) is 6.26 Å². The van der Waals surface area contributed by atoms with Gasteiger partial charge in [0.1, 0.15) is 5.82 Å². The first kappa shape index (κ1) is 10.1. The Morgan fingerprint density at radius 3 is 2.87 bits per heavy atom. The molecule has 0 amide bonds. The lowest BCUT2D eigenvalue weighted by molar-refractivity contribution is 0.522. The third-order valence-corrected chi connectivity index (χ3v) is 2.26. The summed E-state index contributed by atoms with van der Waals surface area (Å²) in [6.07, 6.45) is 1.50. The fourth-order valence-corrected chi connectivity index (χ4v) is 1.59. The Labute approximate surface area is 85.7 Å². The average molecular weight is 211 g/mol. The van der Waals surface area contributed by atoms with E-state index in [9.17, 15) is 8.78 Å². The quantitative estimate of drug-likeness (QED) is 0.829. The molecule has 1 aromatic heterocycles. The molecule has 0 aliphatic rings. The maximum atomic E-state index is 13.7. The lowest BCUT2D eigenvalue weighted by atomic mass is 10.0. The van der Waals surface area contributed by atoms with Gasteiger partial charge in [0.15, 0.2) is 11.4 Å². The molecule has 2 rings (SSSR count). The molecule has 1 atom stereocenters. The Kier molecular flexibility index (Phi) is 2.44. The number of halogens is 2. The highest BCUT2D eigenvalue weighted by atomic mass is 19.1. The maximum absolute atomic E-state index is 13.7. The highest BCUT2D eigenvalue weighted by Gasteiger charge is 2.16. The second kappa shape index (κ2) is 3.62. The van der Waals surface area contributed by atoms with Gasteiger partial charge < -0.3 is 10.2 Å². The topological polar surface area (TPSA) is 39.2 Å². The predicted octanol–water partition coefficient (Wildman–Crippen LogP) is 2.60. The van der Waals surface area contributed by atoms with Crippen molar-refractivity contribution in [2.75, 3.05) is 0 Å². The van der Waals surface area contributed by atoms with Crippen LogP contribution in [0, 0.1) is 11.6 Å². The van der Waals surface area contributed by atoms with Crippen LogP contribution in [0.25, 0.3) is 11.0 Å². The highest BCUT2D eigenvalue weighted by molar-refractivity contribution is 5.78. The molecular formula is C11H11F2NO. The Balaban J connectivity index is 2.61. The first-order valence-electron chi connectivity index (χ1n) is 4.69. The molecule has 0 aliphatic carbocycles. The number of rotatable bonds is 2. The molecule has 0 aliphatic heterocycles. The smallest absolute Gasteiger partial charge is 0.172 e. The number of fused-ring (bicyclic) bond motifs is 1. The van der Waals surface area contributed by atoms with E-state index in [-0.39, 0.29) is 23.6 Å². The summed E-state index contributed by atoms with van der Waals surface area (Å²) in [4.78, 5) is 0. The first-order valence-corrected chi connectivity index (χ1v) is 4.69. The molecule has 1 heterocycles. The summed E-state index contributed by atoms with van der Waals surface area (Å²) >= 11 is 0. The van der Waals surface area contributed by atoms with Gasteiger partial charge in [-0.25, -0.2) is 8.78 Å². The molecule has 0 fully saturated rings. The van der Waals surface area contributed by atoms with Gasteiger partial charge in [-0.3, -0.25) is 0 Å². The summed E-state index contributed by atoms with van der Waals surface area (Å²) in [5, 5.41) is 0.429. The molecule has 0 saturated carbocycles. The lowest BCUT2D eigenvalue weighted by Crippen LogP contribution is -2.19. The normalized spacial score (nSPS) is 13.3. The minimum Gasteiger partial charge on any atom is -0.461 e. The molecule has 15 heavy (non-hydrogen) atoms. The van der Waals surface area contributed by atoms with Crippen molar-refractivity contribution >= 4 is 11.0 Å². The van der Waals surface area contributed by atoms with Crippen molar-refractivity contribution in [3.63, 3.8) is 0 Å². The third kappa shape index (κ3) is 1.72. The molecule has 2 aromatic rings. The molecule has 2 nitrogen and oxygen atoms in total. The molecule has 1 aromatic carbocycles. The molecule has 80 valence electrons. The number of nitrogens with two attached hydrogens (primary N) is 1. The number of hydrogen-bond acceptors (Lipinski definition) is 2. The van der Waals surface area contributed by atoms with E-state index >= 15 is 0 Å². The van der Waals surface area contributed by atoms with Crippen LogP contribution in [0.5, 0.6) is 0 Å². The van der Waals surface area contributed by atoms with Gasteiger partial charge in [0.25, 0.3) is 0 Å². The van der Waals surface area contributed by atoms with Crippen LogP contribution in [0.2, 0.25) is 0 Å². The lowest BCUT2D eigenvalue weighted by Gasteiger charge is -2.07. The van der Waals surface area contributed by atoms with Gasteiger partial charge in [-0.1, -0.05) is 0 Å². The average Bonchev–Trinajstić information content (AvgIpc) is 2.59. The predicted molar refractivity (Wildman–Crippen MR) is 53.5 cm³/mol. The highest BCUT2D eigenvalue weighted by Crippen LogP contribution is 2.25. The summed E-state index contributed by atoms with van der Waals surface area (Å²) < 4.78 is 32.2. The van der Waals surface area contributed by atoms with Crippen LogP contribution >= 0.6 is 0 Å². The maximum Gasteiger partial charge on any atom is 0.172 e. The van der Waals surface area contributed by atoms with Gasteiger partial charge in [0.2, 0.25) is 0 Å². The molecule has 2 N–H and O–H groups in total. The zero-order chi connectivity index (χ0) is 11.0. The molecule has 4 heteroatoms. The summed E-state index contributed by atoms with van der Waals surface area (Å²) in [6.45, 7) is 1.70. The van der Waals surface area contributed by atoms with E-state index in [1.54, 1.807) is 6.92 Å². The molecular weight excluding hydrogens is 200 g/mol. The molecule has 0 bridgehead atoms. The Morgan fingerprint density at radius 2 is 2.20 bits per heavy atom. The minimum absolute atomic E-state index is 0.00699. The van der Waals surface area contributed by atoms with Gasteiger partial charge in [0, 0.05) is 17.0 Å². The standard InChI is InChI=1S/C11H11F2NO/c1-6(14)4-8-9(12)5-7-2-3-15-11(7)10(8)13/h2-3,5-6H,4,14H2,1H3. The fourth-order valence-electron chi connectivity index (χ4n) is 1.59. The van der Waals surface area contributed by atoms with E-state index in [0.717, 1.165) is 0 Å². The Morgan fingerprint density at radius 1 is 1.47 bits per heavy atom. The van der Waals surface area contributed by atoms with E-state index in [4.69, 9.17) is 10.2 Å². The summed E-state index contributed by atoms with van der Waals surface area (Å²) in [7, 11) is 0. The number of benzene rings is 1. The van der Waals surface area contributed by atoms with Crippen molar-refractivity contribution in [2.45, 2.75) is 19.4 Å². The molecule has 0 radical (unpaired) electrons. The first-order chi connectivity index (χ1) is 7.09. The van der Waals surface area contributed by atoms with Gasteiger partial charge in [-0.15, -0.1) is 0 Å². The van der Waals surface area contributed by atoms with Crippen LogP contribution in [0.15, 0.2) is 22.8 Å². The van der Waals surface area contributed by atoms with E-state index in [0.29, 0.717) is 5.39 Å². The van der Waals surface area contributed by atoms with Crippen LogP contribution < -0.4 is 5.73 Å². The zero-order valence-electron chi connectivity index (χ0n) is 8.26. The fraction of sp³-hybridized carbons (Fsp3) is 0.273. The van der Waals surface area contributed by atoms with Crippen LogP contribution in [-0.2, 0) is 6.42 Å². The summed E-state index contributed by atoms with van der Waals surface area (Å²) in [6, 6.07) is 2.50. The van der Waals surface area contributed by atoms with Crippen molar-refractivity contribution in [3.8, 4) is 0 Å². The van der Waals surface area contributed by atoms with Gasteiger partial charge in [-0.2, -0.15) is 0 Å². The van der Waals surface area contributed by atoms with Crippen LogP contribution in [0.1, 0.15) is 12.5 Å². The van der Waals surface area contributed by atoms with Crippen LogP contribution in [0.3, 0.4) is 0 Å². The van der Waals surface area contributed by atoms with E-state index in [2.05, 4.69) is 0 Å². The number of furan rings is 1. The SMILES string of the molecule is CC(N)Cc1c(F)cc2ccoc2c1F. The van der Waals surface area contributed by atoms with Crippen molar-refractivity contribution in [1.82, 2.24) is 0 Å². The Hall–Kier alpha value is -1.42. The van der Waals surface area contributed by atoms with Crippen molar-refractivity contribution in [2.24, 2.45) is 5.73 Å². The molecule has 0 spiro atoms. The monoisotopic (exact) mass is 211 g/mol. The zero-order valence-corrected chi connectivity index (χ0v) is 8.26. The van der Waals surface area contributed by atoms with E-state index in [1.165, 1.54) is 18.4 Å². The second-order valence-corrected chi connectivity index (χ2v) is 3.67. The number of hydrogen-bond donors (Lipinski definition) is 1. The van der Waals surface area contributed by atoms with Crippen molar-refractivity contribution in [3.05, 3.63) is 35.6 Å². The summed E-state index contributed by atoms with van der Waals surface area (Å²) in [5.74, 6) is -1.22. The molecule has 1 unspecified atom stereocenters. The Bertz CT molecular complexity index is 491. The third-order valence-electron chi connectivity index (χ3n) is 2.26. The van der Waals surface area contributed by atoms with Crippen LogP contribution in [0.4, 0.5) is 8.78 Å². The van der Waals surface area contributed by atoms with Gasteiger partial charge >= 0.3 is 0 Å². The molecule has 0 saturated heterocycles. The van der Waals surface area contributed by atoms with Crippen molar-refractivity contribution < 1.29 is 13.2 Å². The summed E-state index contributed by atoms with van der Waals surface area (Å²) in [5.41, 5.74) is 5.60. The van der Waals surface area contributed by atoms with Gasteiger partial charge in [-0.05, 0) is 25.5 Å². The minimum atomic E-state index is -0.646. The van der Waals surface area contributed by atoms with Crippen LogP contribution in [-0.4, -0.2) is 6.04 Å². The largest absolute Gasteiger partial charge is 0.461 e. The van der Waals surface area contributed by atoms with Crippen molar-refractivity contribution in [1.29, 1.82) is 0 Å². The van der Waals surface area contributed by atoms with E-state index < -0.39 is 11.6 Å².